The van der Waals surface area contributed by atoms with Gasteiger partial charge in [0.1, 0.15) is 11.6 Å². The van der Waals surface area contributed by atoms with Crippen molar-refractivity contribution in [2.75, 3.05) is 24.5 Å². The molecular formula is C34H29N5O. The van der Waals surface area contributed by atoms with Crippen LogP contribution in [0.15, 0.2) is 109 Å². The first kappa shape index (κ1) is 24.3. The molecule has 7 rings (SSSR count). The topological polar surface area (TPSA) is 74.0 Å². The van der Waals surface area contributed by atoms with Gasteiger partial charge in [-0.1, -0.05) is 91.0 Å². The Morgan fingerprint density at radius 1 is 0.825 bits per heavy atom. The van der Waals surface area contributed by atoms with E-state index in [0.717, 1.165) is 59.2 Å². The summed E-state index contributed by atoms with van der Waals surface area (Å²) in [6, 6.07) is 39.3. The molecule has 0 saturated carbocycles. The van der Waals surface area contributed by atoms with Crippen LogP contribution in [0.5, 0.6) is 0 Å². The van der Waals surface area contributed by atoms with Crippen molar-refractivity contribution in [2.24, 2.45) is 5.41 Å². The molecule has 6 heteroatoms. The number of hydrogen-bond donors (Lipinski definition) is 1. The number of nitrogens with zero attached hydrogens (tertiary/aromatic N) is 4. The van der Waals surface area contributed by atoms with E-state index in [-0.39, 0.29) is 11.3 Å². The highest BCUT2D eigenvalue weighted by Crippen LogP contribution is 2.44. The lowest BCUT2D eigenvalue weighted by molar-refractivity contribution is -0.124. The summed E-state index contributed by atoms with van der Waals surface area (Å²) in [4.78, 5) is 15.4. The summed E-state index contributed by atoms with van der Waals surface area (Å²) in [5, 5.41) is 19.4. The maximum Gasteiger partial charge on any atom is 0.234 e. The summed E-state index contributed by atoms with van der Waals surface area (Å²) < 4.78 is 2.00. The second-order valence-electron chi connectivity index (χ2n) is 10.8. The molecule has 1 atom stereocenters. The molecule has 5 aromatic rings. The van der Waals surface area contributed by atoms with Gasteiger partial charge in [-0.15, -0.1) is 0 Å². The fourth-order valence-electron chi connectivity index (χ4n) is 6.72. The Hall–Kier alpha value is -4.73. The van der Waals surface area contributed by atoms with Crippen molar-refractivity contribution in [1.29, 1.82) is 5.26 Å². The molecule has 0 aliphatic carbocycles. The summed E-state index contributed by atoms with van der Waals surface area (Å²) in [6.45, 7) is 2.30. The number of anilines is 1. The molecule has 3 heterocycles. The number of nitrogens with one attached hydrogen (secondary N) is 1. The first-order valence-electron chi connectivity index (χ1n) is 13.8. The smallest absolute Gasteiger partial charge is 0.234 e. The van der Waals surface area contributed by atoms with E-state index < -0.39 is 5.54 Å². The van der Waals surface area contributed by atoms with Crippen molar-refractivity contribution in [3.8, 4) is 6.07 Å². The number of rotatable bonds is 5. The summed E-state index contributed by atoms with van der Waals surface area (Å²) in [5.41, 5.74) is 3.97. The van der Waals surface area contributed by atoms with Crippen LogP contribution < -0.4 is 10.2 Å². The van der Waals surface area contributed by atoms with Crippen LogP contribution in [0.25, 0.3) is 10.9 Å². The Bertz CT molecular complexity index is 1640. The van der Waals surface area contributed by atoms with Gasteiger partial charge in [0.25, 0.3) is 0 Å². The van der Waals surface area contributed by atoms with Gasteiger partial charge in [-0.2, -0.15) is 10.4 Å². The Morgan fingerprint density at radius 2 is 1.43 bits per heavy atom. The monoisotopic (exact) mass is 523 g/mol. The van der Waals surface area contributed by atoms with Crippen molar-refractivity contribution >= 4 is 22.5 Å². The van der Waals surface area contributed by atoms with Gasteiger partial charge in [0.15, 0.2) is 5.69 Å². The van der Waals surface area contributed by atoms with E-state index in [0.29, 0.717) is 12.2 Å². The predicted molar refractivity (Wildman–Crippen MR) is 156 cm³/mol. The van der Waals surface area contributed by atoms with Crippen LogP contribution in [0.1, 0.15) is 35.2 Å². The molecular weight excluding hydrogens is 494 g/mol. The quantitative estimate of drug-likeness (QED) is 0.310. The van der Waals surface area contributed by atoms with Crippen LogP contribution in [-0.4, -0.2) is 35.3 Å². The van der Waals surface area contributed by atoms with Gasteiger partial charge < -0.3 is 10.2 Å². The summed E-state index contributed by atoms with van der Waals surface area (Å²) in [6.07, 6.45) is 1.72. The maximum atomic E-state index is 13.5. The Morgan fingerprint density at radius 3 is 1.95 bits per heavy atom. The Labute approximate surface area is 233 Å². The Kier molecular flexibility index (Phi) is 5.76. The summed E-state index contributed by atoms with van der Waals surface area (Å²) in [7, 11) is 0. The van der Waals surface area contributed by atoms with Crippen LogP contribution in [0.3, 0.4) is 0 Å². The molecule has 40 heavy (non-hydrogen) atoms. The molecule has 0 bridgehead atoms. The Balaban J connectivity index is 1.48. The SMILES string of the molecule is N#Cc1nn(C(c2ccccc2)(c2ccccc2)c2ccccc2)c2ccc(N3CCC4(CCNC4)C3=O)cc12. The second kappa shape index (κ2) is 9.48. The van der Waals surface area contributed by atoms with E-state index in [1.54, 1.807) is 0 Å². The zero-order chi connectivity index (χ0) is 27.2. The van der Waals surface area contributed by atoms with Gasteiger partial charge in [-0.25, -0.2) is 4.68 Å². The molecule has 2 aliphatic rings. The van der Waals surface area contributed by atoms with Crippen molar-refractivity contribution < 1.29 is 4.79 Å². The van der Waals surface area contributed by atoms with Crippen molar-refractivity contribution in [1.82, 2.24) is 15.1 Å². The van der Waals surface area contributed by atoms with E-state index >= 15 is 0 Å². The number of benzene rings is 4. The fourth-order valence-corrected chi connectivity index (χ4v) is 6.72. The highest BCUT2D eigenvalue weighted by Gasteiger charge is 2.49. The van der Waals surface area contributed by atoms with Crippen molar-refractivity contribution in [3.05, 3.63) is 132 Å². The lowest BCUT2D eigenvalue weighted by atomic mass is 9.77. The highest BCUT2D eigenvalue weighted by molar-refractivity contribution is 6.02. The second-order valence-corrected chi connectivity index (χ2v) is 10.8. The largest absolute Gasteiger partial charge is 0.316 e. The number of carbonyl (C=O) groups is 1. The predicted octanol–water partition coefficient (Wildman–Crippen LogP) is 5.46. The zero-order valence-electron chi connectivity index (χ0n) is 22.1. The van der Waals surface area contributed by atoms with Crippen LogP contribution in [0.2, 0.25) is 0 Å². The van der Waals surface area contributed by atoms with E-state index in [1.807, 2.05) is 82.4 Å². The molecule has 4 aromatic carbocycles. The van der Waals surface area contributed by atoms with Gasteiger partial charge >= 0.3 is 0 Å². The summed E-state index contributed by atoms with van der Waals surface area (Å²) >= 11 is 0. The molecule has 2 aliphatic heterocycles. The third-order valence-electron chi connectivity index (χ3n) is 8.73. The third-order valence-corrected chi connectivity index (χ3v) is 8.73. The fraction of sp³-hybridized carbons (Fsp3) is 0.206. The number of hydrogen-bond acceptors (Lipinski definition) is 4. The number of amides is 1. The minimum absolute atomic E-state index is 0.176. The average Bonchev–Trinajstić information content (AvgIpc) is 3.73. The number of fused-ring (bicyclic) bond motifs is 1. The number of nitriles is 1. The van der Waals surface area contributed by atoms with E-state index in [2.05, 4.69) is 47.8 Å². The number of carbonyl (C=O) groups excluding carboxylic acids is 1. The zero-order valence-corrected chi connectivity index (χ0v) is 22.1. The standard InChI is InChI=1S/C34H29N5O/c35-23-30-29-22-28(38-21-19-33(32(38)40)18-20-36-24-33)16-17-31(29)39(37-30)34(25-10-4-1-5-11-25,26-12-6-2-7-13-26)27-14-8-3-9-15-27/h1-17,22,36H,18-21,24H2. The van der Waals surface area contributed by atoms with E-state index in [9.17, 15) is 10.1 Å². The van der Waals surface area contributed by atoms with Gasteiger partial charge in [-0.3, -0.25) is 4.79 Å². The van der Waals surface area contributed by atoms with Gasteiger partial charge in [0.2, 0.25) is 5.91 Å². The third kappa shape index (κ3) is 3.52. The van der Waals surface area contributed by atoms with E-state index in [1.165, 1.54) is 0 Å². The van der Waals surface area contributed by atoms with Crippen LogP contribution in [-0.2, 0) is 10.3 Å². The molecule has 1 N–H and O–H groups in total. The van der Waals surface area contributed by atoms with Crippen LogP contribution >= 0.6 is 0 Å². The average molecular weight is 524 g/mol. The highest BCUT2D eigenvalue weighted by atomic mass is 16.2. The maximum absolute atomic E-state index is 13.5. The first-order valence-corrected chi connectivity index (χ1v) is 13.8. The minimum Gasteiger partial charge on any atom is -0.316 e. The van der Waals surface area contributed by atoms with Gasteiger partial charge in [0, 0.05) is 24.2 Å². The molecule has 0 radical (unpaired) electrons. The van der Waals surface area contributed by atoms with Crippen LogP contribution in [0.4, 0.5) is 5.69 Å². The van der Waals surface area contributed by atoms with Gasteiger partial charge in [-0.05, 0) is 54.3 Å². The molecule has 2 saturated heterocycles. The van der Waals surface area contributed by atoms with Crippen molar-refractivity contribution in [2.45, 2.75) is 18.4 Å². The molecule has 2 fully saturated rings. The van der Waals surface area contributed by atoms with Crippen LogP contribution in [0, 0.1) is 16.7 Å². The lowest BCUT2D eigenvalue weighted by Gasteiger charge is -2.37. The van der Waals surface area contributed by atoms with E-state index in [4.69, 9.17) is 5.10 Å². The van der Waals surface area contributed by atoms with Crippen molar-refractivity contribution in [3.63, 3.8) is 0 Å². The number of aromatic nitrogens is 2. The molecule has 1 amide bonds. The minimum atomic E-state index is -0.832. The lowest BCUT2D eigenvalue weighted by Crippen LogP contribution is -2.38. The first-order chi connectivity index (χ1) is 19.7. The summed E-state index contributed by atoms with van der Waals surface area (Å²) in [5.74, 6) is 0.176. The molecule has 1 aromatic heterocycles. The normalized spacial score (nSPS) is 19.0. The molecule has 6 nitrogen and oxygen atoms in total. The van der Waals surface area contributed by atoms with Gasteiger partial charge in [0.05, 0.1) is 10.9 Å². The molecule has 1 unspecified atom stereocenters. The molecule has 1 spiro atoms. The molecule has 196 valence electrons.